The molecule has 36 heavy (non-hydrogen) atoms. The summed E-state index contributed by atoms with van der Waals surface area (Å²) in [5.41, 5.74) is 1.03. The molecule has 5 nitrogen and oxygen atoms in total. The third-order valence-electron chi connectivity index (χ3n) is 6.94. The number of ketones is 1. The van der Waals surface area contributed by atoms with Gasteiger partial charge in [-0.3, -0.25) is 9.78 Å². The van der Waals surface area contributed by atoms with E-state index in [2.05, 4.69) is 15.2 Å². The van der Waals surface area contributed by atoms with Gasteiger partial charge in [0.25, 0.3) is 0 Å². The third kappa shape index (κ3) is 5.56. The number of hydrogen-bond donors (Lipinski definition) is 1. The molecule has 9 heteroatoms. The number of ether oxygens (including phenoxy) is 1. The van der Waals surface area contributed by atoms with Gasteiger partial charge < -0.3 is 15.0 Å². The van der Waals surface area contributed by atoms with Crippen LogP contribution in [-0.4, -0.2) is 55.6 Å². The highest BCUT2D eigenvalue weighted by atomic mass is 19.4. The average molecular weight is 506 g/mol. The number of likely N-dealkylation sites (tertiary alicyclic amines) is 1. The summed E-state index contributed by atoms with van der Waals surface area (Å²) in [7, 11) is 3.49. The van der Waals surface area contributed by atoms with Crippen molar-refractivity contribution in [2.24, 2.45) is 5.92 Å². The third-order valence-corrected chi connectivity index (χ3v) is 6.94. The van der Waals surface area contributed by atoms with E-state index >= 15 is 4.39 Å². The number of fused-ring (bicyclic) bond motifs is 1. The molecule has 1 aromatic heterocycles. The van der Waals surface area contributed by atoms with E-state index in [0.29, 0.717) is 41.4 Å². The fraction of sp³-hybridized carbons (Fsp3) is 0.481. The van der Waals surface area contributed by atoms with E-state index in [0.717, 1.165) is 32.0 Å². The number of aromatic nitrogens is 1. The molecule has 0 radical (unpaired) electrons. The number of alkyl halides is 3. The van der Waals surface area contributed by atoms with Crippen molar-refractivity contribution in [3.05, 3.63) is 58.2 Å². The normalized spacial score (nSPS) is 16.6. The van der Waals surface area contributed by atoms with E-state index in [1.165, 1.54) is 19.2 Å². The summed E-state index contributed by atoms with van der Waals surface area (Å²) in [4.78, 5) is 19.6. The van der Waals surface area contributed by atoms with Crippen LogP contribution in [0.4, 0.5) is 23.2 Å². The molecule has 0 spiro atoms. The van der Waals surface area contributed by atoms with Crippen molar-refractivity contribution in [1.29, 1.82) is 0 Å². The van der Waals surface area contributed by atoms with E-state index in [1.54, 1.807) is 13.0 Å². The molecule has 0 atom stereocenters. The summed E-state index contributed by atoms with van der Waals surface area (Å²) in [5, 5.41) is 3.01. The minimum Gasteiger partial charge on any atom is -0.496 e. The summed E-state index contributed by atoms with van der Waals surface area (Å²) in [6.07, 6.45) is -0.999. The summed E-state index contributed by atoms with van der Waals surface area (Å²) in [6, 6.07) is 4.29. The molecular weight excluding hydrogens is 474 g/mol. The van der Waals surface area contributed by atoms with Gasteiger partial charge in [0, 0.05) is 48.3 Å². The van der Waals surface area contributed by atoms with Crippen molar-refractivity contribution in [2.45, 2.75) is 45.2 Å². The number of halogens is 4. The molecule has 1 aromatic carbocycles. The van der Waals surface area contributed by atoms with Gasteiger partial charge in [0.05, 0.1) is 23.9 Å². The van der Waals surface area contributed by atoms with Crippen molar-refractivity contribution in [2.75, 3.05) is 39.1 Å². The summed E-state index contributed by atoms with van der Waals surface area (Å²) in [6.45, 7) is 4.09. The van der Waals surface area contributed by atoms with Crippen molar-refractivity contribution in [1.82, 2.24) is 9.88 Å². The second kappa shape index (κ2) is 10.6. The van der Waals surface area contributed by atoms with E-state index in [9.17, 15) is 18.0 Å². The van der Waals surface area contributed by atoms with Crippen LogP contribution in [0.3, 0.4) is 0 Å². The Morgan fingerprint density at radius 1 is 1.22 bits per heavy atom. The van der Waals surface area contributed by atoms with Gasteiger partial charge in [0.1, 0.15) is 11.6 Å². The Morgan fingerprint density at radius 3 is 2.58 bits per heavy atom. The first-order chi connectivity index (χ1) is 17.1. The number of piperidine rings is 1. The van der Waals surface area contributed by atoms with Gasteiger partial charge in [-0.25, -0.2) is 4.39 Å². The monoisotopic (exact) mass is 505 g/mol. The van der Waals surface area contributed by atoms with Crippen LogP contribution in [0.15, 0.2) is 24.3 Å². The number of pyridine rings is 1. The first-order valence-electron chi connectivity index (χ1n) is 12.2. The lowest BCUT2D eigenvalue weighted by Crippen LogP contribution is -2.31. The van der Waals surface area contributed by atoms with Crippen molar-refractivity contribution < 1.29 is 27.1 Å². The first-order valence-corrected chi connectivity index (χ1v) is 12.2. The Morgan fingerprint density at radius 2 is 1.94 bits per heavy atom. The number of methoxy groups -OCH3 is 1. The van der Waals surface area contributed by atoms with E-state index < -0.39 is 17.6 Å². The lowest BCUT2D eigenvalue weighted by molar-refractivity contribution is -0.0687. The maximum atomic E-state index is 15.1. The van der Waals surface area contributed by atoms with Crippen molar-refractivity contribution in [3.63, 3.8) is 0 Å². The molecule has 2 heterocycles. The minimum absolute atomic E-state index is 0.00352. The van der Waals surface area contributed by atoms with Gasteiger partial charge in [-0.15, -0.1) is 0 Å². The second-order valence-electron chi connectivity index (χ2n) is 9.53. The number of nitrogens with zero attached hydrogens (tertiary/aromatic N) is 2. The Labute approximate surface area is 208 Å². The maximum Gasteiger partial charge on any atom is 0.416 e. The SMILES string of the molecule is CCNc1cc(Cc2cc(F)c(C(=O)CC3CCN(C)CC3)cc2OC)nc2c1C(C(F)(F)F)=CC2. The molecule has 1 N–H and O–H groups in total. The molecular formula is C27H31F4N3O2. The minimum atomic E-state index is -4.47. The fourth-order valence-electron chi connectivity index (χ4n) is 5.05. The molecule has 0 amide bonds. The number of anilines is 1. The number of carbonyl (C=O) groups excluding carboxylic acids is 1. The zero-order chi connectivity index (χ0) is 26.0. The van der Waals surface area contributed by atoms with Gasteiger partial charge >= 0.3 is 6.18 Å². The lowest BCUT2D eigenvalue weighted by atomic mass is 9.89. The fourth-order valence-corrected chi connectivity index (χ4v) is 5.05. The van der Waals surface area contributed by atoms with E-state index in [-0.39, 0.29) is 35.7 Å². The number of rotatable bonds is 8. The number of carbonyl (C=O) groups is 1. The predicted octanol–water partition coefficient (Wildman–Crippen LogP) is 5.67. The average Bonchev–Trinajstić information content (AvgIpc) is 3.26. The zero-order valence-corrected chi connectivity index (χ0v) is 20.8. The van der Waals surface area contributed by atoms with Crippen LogP contribution >= 0.6 is 0 Å². The Hall–Kier alpha value is -2.94. The highest BCUT2D eigenvalue weighted by Gasteiger charge is 2.40. The standard InChI is InChI=1S/C27H31F4N3O2/c1-4-32-23-14-18(33-22-6-5-20(26(22)23)27(29,30)31)12-17-13-21(28)19(15-25(17)36-3)24(35)11-16-7-9-34(2)10-8-16/h5,13-16H,4,6-12H2,1-3H3,(H,32,33). The lowest BCUT2D eigenvalue weighted by Gasteiger charge is -2.28. The molecule has 4 rings (SSSR count). The molecule has 1 aliphatic heterocycles. The number of Topliss-reactive ketones (excluding diaryl/α,β-unsaturated/α-hetero) is 1. The van der Waals surface area contributed by atoms with Crippen LogP contribution in [0.2, 0.25) is 0 Å². The predicted molar refractivity (Wildman–Crippen MR) is 131 cm³/mol. The molecule has 2 aliphatic rings. The second-order valence-corrected chi connectivity index (χ2v) is 9.53. The quantitative estimate of drug-likeness (QED) is 0.370. The van der Waals surface area contributed by atoms with Crippen LogP contribution in [-0.2, 0) is 12.8 Å². The van der Waals surface area contributed by atoms with Gasteiger partial charge in [-0.05, 0) is 64.0 Å². The van der Waals surface area contributed by atoms with Crippen molar-refractivity contribution >= 4 is 17.0 Å². The number of allylic oxidation sites excluding steroid dienone is 2. The maximum absolute atomic E-state index is 15.1. The molecule has 1 saturated heterocycles. The number of benzene rings is 1. The largest absolute Gasteiger partial charge is 0.496 e. The highest BCUT2D eigenvalue weighted by molar-refractivity contribution is 5.97. The zero-order valence-electron chi connectivity index (χ0n) is 20.8. The Kier molecular flexibility index (Phi) is 7.68. The summed E-state index contributed by atoms with van der Waals surface area (Å²) in [5.74, 6) is -0.292. The number of nitrogens with one attached hydrogen (secondary N) is 1. The molecule has 1 aliphatic carbocycles. The van der Waals surface area contributed by atoms with Crippen molar-refractivity contribution in [3.8, 4) is 5.75 Å². The van der Waals surface area contributed by atoms with Crippen LogP contribution < -0.4 is 10.1 Å². The van der Waals surface area contributed by atoms with Crippen LogP contribution in [0.25, 0.3) is 5.57 Å². The molecule has 2 aromatic rings. The molecule has 0 saturated carbocycles. The first kappa shape index (κ1) is 26.1. The van der Waals surface area contributed by atoms with Crippen LogP contribution in [0.5, 0.6) is 5.75 Å². The van der Waals surface area contributed by atoms with Crippen LogP contribution in [0, 0.1) is 11.7 Å². The Bertz CT molecular complexity index is 1170. The topological polar surface area (TPSA) is 54.5 Å². The van der Waals surface area contributed by atoms with E-state index in [1.807, 2.05) is 7.05 Å². The summed E-state index contributed by atoms with van der Waals surface area (Å²) < 4.78 is 61.1. The highest BCUT2D eigenvalue weighted by Crippen LogP contribution is 2.43. The van der Waals surface area contributed by atoms with Gasteiger partial charge in [-0.1, -0.05) is 6.08 Å². The van der Waals surface area contributed by atoms with Crippen LogP contribution in [0.1, 0.15) is 59.1 Å². The molecule has 0 bridgehead atoms. The summed E-state index contributed by atoms with van der Waals surface area (Å²) >= 11 is 0. The smallest absolute Gasteiger partial charge is 0.416 e. The number of hydrogen-bond acceptors (Lipinski definition) is 5. The van der Waals surface area contributed by atoms with Gasteiger partial charge in [-0.2, -0.15) is 13.2 Å². The molecule has 194 valence electrons. The molecule has 0 unspecified atom stereocenters. The Balaban J connectivity index is 1.59. The van der Waals surface area contributed by atoms with Gasteiger partial charge in [0.15, 0.2) is 5.78 Å². The molecule has 1 fully saturated rings. The van der Waals surface area contributed by atoms with E-state index in [4.69, 9.17) is 4.74 Å². The van der Waals surface area contributed by atoms with Gasteiger partial charge in [0.2, 0.25) is 0 Å².